The summed E-state index contributed by atoms with van der Waals surface area (Å²) in [5, 5.41) is 0.903. The summed E-state index contributed by atoms with van der Waals surface area (Å²) in [5.41, 5.74) is 2.30. The van der Waals surface area contributed by atoms with Crippen molar-refractivity contribution in [3.63, 3.8) is 0 Å². The Labute approximate surface area is 79.9 Å². The molecule has 0 heterocycles. The minimum absolute atomic E-state index is 0. The van der Waals surface area contributed by atoms with Gasteiger partial charge in [0.05, 0.1) is 5.38 Å². The van der Waals surface area contributed by atoms with Crippen molar-refractivity contribution >= 4 is 40.2 Å². The van der Waals surface area contributed by atoms with Gasteiger partial charge in [0.1, 0.15) is 0 Å². The van der Waals surface area contributed by atoms with Crippen LogP contribution in [0.1, 0.15) is 16.5 Å². The number of hydrogen-bond acceptors (Lipinski definition) is 0. The highest BCUT2D eigenvalue weighted by Crippen LogP contribution is 2.50. The quantitative estimate of drug-likeness (QED) is 0.608. The molecule has 1 unspecified atom stereocenters. The van der Waals surface area contributed by atoms with Crippen LogP contribution in [0.4, 0.5) is 0 Å². The lowest BCUT2D eigenvalue weighted by Gasteiger charge is -1.79. The van der Waals surface area contributed by atoms with E-state index in [1.807, 2.05) is 18.2 Å². The third kappa shape index (κ3) is 1.07. The molecule has 10 heavy (non-hydrogen) atoms. The molecule has 1 atom stereocenters. The Bertz CT molecular complexity index is 260. The molecule has 1 aromatic carbocycles. The van der Waals surface area contributed by atoms with Crippen molar-refractivity contribution in [1.82, 2.24) is 0 Å². The first-order chi connectivity index (χ1) is 4.30. The van der Waals surface area contributed by atoms with E-state index in [1.54, 1.807) is 0 Å². The van der Waals surface area contributed by atoms with Gasteiger partial charge in [-0.2, -0.15) is 0 Å². The molecule has 1 aliphatic rings. The molecule has 0 fully saturated rings. The van der Waals surface area contributed by atoms with E-state index in [0.717, 1.165) is 10.6 Å². The van der Waals surface area contributed by atoms with Gasteiger partial charge in [-0.15, -0.1) is 28.6 Å². The SMILES string of the molecule is Br.Clc1cccc2c1C2Cl. The summed E-state index contributed by atoms with van der Waals surface area (Å²) in [7, 11) is 0. The molecular formula is C7H5BrCl2. The number of alkyl halides is 1. The molecule has 3 heteroatoms. The van der Waals surface area contributed by atoms with Gasteiger partial charge in [-0.25, -0.2) is 0 Å². The van der Waals surface area contributed by atoms with Gasteiger partial charge < -0.3 is 0 Å². The van der Waals surface area contributed by atoms with Crippen molar-refractivity contribution in [3.05, 3.63) is 34.3 Å². The Balaban J connectivity index is 0.000000500. The van der Waals surface area contributed by atoms with Crippen LogP contribution in [-0.4, -0.2) is 0 Å². The van der Waals surface area contributed by atoms with Gasteiger partial charge in [0.15, 0.2) is 0 Å². The van der Waals surface area contributed by atoms with E-state index in [-0.39, 0.29) is 22.4 Å². The molecule has 0 aromatic heterocycles. The fourth-order valence-corrected chi connectivity index (χ4v) is 1.69. The first-order valence-electron chi connectivity index (χ1n) is 2.73. The van der Waals surface area contributed by atoms with E-state index in [4.69, 9.17) is 23.2 Å². The molecule has 1 aliphatic carbocycles. The van der Waals surface area contributed by atoms with Crippen LogP contribution >= 0.6 is 40.2 Å². The summed E-state index contributed by atoms with van der Waals surface area (Å²) < 4.78 is 0. The van der Waals surface area contributed by atoms with E-state index in [1.165, 1.54) is 5.56 Å². The first-order valence-corrected chi connectivity index (χ1v) is 3.54. The summed E-state index contributed by atoms with van der Waals surface area (Å²) >= 11 is 11.6. The lowest BCUT2D eigenvalue weighted by molar-refractivity contribution is 1.51. The maximum absolute atomic E-state index is 5.80. The minimum atomic E-state index is 0. The van der Waals surface area contributed by atoms with E-state index in [9.17, 15) is 0 Å². The molecular weight excluding hydrogens is 235 g/mol. The molecule has 0 spiro atoms. The average Bonchev–Trinajstić information content (AvgIpc) is 2.45. The molecule has 0 radical (unpaired) electrons. The lowest BCUT2D eigenvalue weighted by Crippen LogP contribution is -1.56. The van der Waals surface area contributed by atoms with Crippen LogP contribution in [0.5, 0.6) is 0 Å². The van der Waals surface area contributed by atoms with Gasteiger partial charge in [0, 0.05) is 5.02 Å². The van der Waals surface area contributed by atoms with Gasteiger partial charge in [-0.1, -0.05) is 23.7 Å². The monoisotopic (exact) mass is 238 g/mol. The Hall–Kier alpha value is 0.280. The molecule has 0 bridgehead atoms. The standard InChI is InChI=1S/C7H4Cl2.BrH/c8-5-3-1-2-4-6(5)7(4)9;/h1-3,7H;1H. The Kier molecular flexibility index (Phi) is 2.28. The van der Waals surface area contributed by atoms with Crippen molar-refractivity contribution < 1.29 is 0 Å². The highest BCUT2D eigenvalue weighted by atomic mass is 79.9. The van der Waals surface area contributed by atoms with Crippen molar-refractivity contribution in [3.8, 4) is 0 Å². The molecule has 1 aromatic rings. The van der Waals surface area contributed by atoms with Crippen LogP contribution in [0.3, 0.4) is 0 Å². The number of fused-ring (bicyclic) bond motifs is 1. The van der Waals surface area contributed by atoms with E-state index in [0.29, 0.717) is 0 Å². The molecule has 54 valence electrons. The third-order valence-electron chi connectivity index (χ3n) is 1.53. The van der Waals surface area contributed by atoms with Crippen LogP contribution in [0.2, 0.25) is 5.02 Å². The topological polar surface area (TPSA) is 0 Å². The van der Waals surface area contributed by atoms with Gasteiger partial charge in [-0.3, -0.25) is 0 Å². The predicted molar refractivity (Wildman–Crippen MR) is 49.5 cm³/mol. The highest BCUT2D eigenvalue weighted by Gasteiger charge is 2.32. The highest BCUT2D eigenvalue weighted by molar-refractivity contribution is 8.93. The fraction of sp³-hybridized carbons (Fsp3) is 0.143. The van der Waals surface area contributed by atoms with Crippen molar-refractivity contribution in [2.75, 3.05) is 0 Å². The molecule has 0 amide bonds. The van der Waals surface area contributed by atoms with Gasteiger partial charge in [0.2, 0.25) is 0 Å². The third-order valence-corrected chi connectivity index (χ3v) is 2.31. The molecule has 0 saturated heterocycles. The van der Waals surface area contributed by atoms with E-state index < -0.39 is 0 Å². The first kappa shape index (κ1) is 8.38. The molecule has 0 aliphatic heterocycles. The second kappa shape index (κ2) is 2.72. The zero-order chi connectivity index (χ0) is 6.43. The number of halogens is 3. The van der Waals surface area contributed by atoms with Crippen LogP contribution in [-0.2, 0) is 0 Å². The predicted octanol–water partition coefficient (Wildman–Crippen LogP) is 3.56. The van der Waals surface area contributed by atoms with E-state index in [2.05, 4.69) is 0 Å². The normalized spacial score (nSPS) is 19.2. The fourth-order valence-electron chi connectivity index (χ4n) is 0.969. The molecule has 2 rings (SSSR count). The van der Waals surface area contributed by atoms with Crippen LogP contribution in [0.15, 0.2) is 18.2 Å². The Morgan fingerprint density at radius 2 is 2.00 bits per heavy atom. The minimum Gasteiger partial charge on any atom is -0.114 e. The largest absolute Gasteiger partial charge is 0.114 e. The summed E-state index contributed by atoms with van der Waals surface area (Å²) in [4.78, 5) is 0. The Morgan fingerprint density at radius 1 is 1.30 bits per heavy atom. The van der Waals surface area contributed by atoms with Crippen molar-refractivity contribution in [1.29, 1.82) is 0 Å². The van der Waals surface area contributed by atoms with Crippen molar-refractivity contribution in [2.24, 2.45) is 0 Å². The zero-order valence-corrected chi connectivity index (χ0v) is 8.20. The zero-order valence-electron chi connectivity index (χ0n) is 4.97. The maximum Gasteiger partial charge on any atom is 0.0856 e. The number of hydrogen-bond donors (Lipinski definition) is 0. The Morgan fingerprint density at radius 3 is 2.50 bits per heavy atom. The summed E-state index contributed by atoms with van der Waals surface area (Å²) in [6.07, 6.45) is 0. The van der Waals surface area contributed by atoms with Gasteiger partial charge in [-0.05, 0) is 17.2 Å². The van der Waals surface area contributed by atoms with Gasteiger partial charge >= 0.3 is 0 Å². The summed E-state index contributed by atoms with van der Waals surface area (Å²) in [6, 6.07) is 5.78. The van der Waals surface area contributed by atoms with Crippen LogP contribution in [0.25, 0.3) is 0 Å². The maximum atomic E-state index is 5.80. The smallest absolute Gasteiger partial charge is 0.0856 e. The number of rotatable bonds is 0. The lowest BCUT2D eigenvalue weighted by atomic mass is 10.4. The van der Waals surface area contributed by atoms with Crippen molar-refractivity contribution in [2.45, 2.75) is 5.38 Å². The summed E-state index contributed by atoms with van der Waals surface area (Å²) in [5.74, 6) is 0. The number of benzene rings is 1. The molecule has 0 N–H and O–H groups in total. The second-order valence-electron chi connectivity index (χ2n) is 2.11. The van der Waals surface area contributed by atoms with Gasteiger partial charge in [0.25, 0.3) is 0 Å². The van der Waals surface area contributed by atoms with Crippen LogP contribution < -0.4 is 0 Å². The van der Waals surface area contributed by atoms with E-state index >= 15 is 0 Å². The van der Waals surface area contributed by atoms with Crippen LogP contribution in [0, 0.1) is 0 Å². The summed E-state index contributed by atoms with van der Waals surface area (Å²) in [6.45, 7) is 0. The molecule has 0 saturated carbocycles. The molecule has 0 nitrogen and oxygen atoms in total. The second-order valence-corrected chi connectivity index (χ2v) is 2.95. The average molecular weight is 240 g/mol.